The predicted octanol–water partition coefficient (Wildman–Crippen LogP) is 0.641. The Morgan fingerprint density at radius 1 is 1.35 bits per heavy atom. The molecule has 3 aliphatic carbocycles. The Labute approximate surface area is 117 Å². The van der Waals surface area contributed by atoms with Crippen LogP contribution in [0.1, 0.15) is 45.4 Å². The first kappa shape index (κ1) is 15.2. The SMILES string of the molecule is CCCCOC(=O)C12CCC([N+](=O)[O-])(C(O)C1)C(O)C2. The van der Waals surface area contributed by atoms with Gasteiger partial charge in [0, 0.05) is 11.3 Å². The molecule has 0 saturated heterocycles. The summed E-state index contributed by atoms with van der Waals surface area (Å²) in [4.78, 5) is 22.8. The molecule has 2 unspecified atom stereocenters. The van der Waals surface area contributed by atoms with Crippen LogP contribution in [0, 0.1) is 15.5 Å². The lowest BCUT2D eigenvalue weighted by Crippen LogP contribution is -2.69. The number of aliphatic hydroxyl groups excluding tert-OH is 2. The highest BCUT2D eigenvalue weighted by molar-refractivity contribution is 5.77. The summed E-state index contributed by atoms with van der Waals surface area (Å²) >= 11 is 0. The second-order valence-corrected chi connectivity index (χ2v) is 5.96. The van der Waals surface area contributed by atoms with Crippen LogP contribution in [0.3, 0.4) is 0 Å². The standard InChI is InChI=1S/C13H21NO6/c1-2-3-6-20-11(17)12-4-5-13(14(18)19,9(15)7-12)10(16)8-12/h9-10,15-16H,2-8H2,1H3. The van der Waals surface area contributed by atoms with Crippen LogP contribution in [0.4, 0.5) is 0 Å². The van der Waals surface area contributed by atoms with Crippen LogP contribution in [0.2, 0.25) is 0 Å². The van der Waals surface area contributed by atoms with Gasteiger partial charge in [-0.05, 0) is 25.7 Å². The number of nitro groups is 1. The van der Waals surface area contributed by atoms with Gasteiger partial charge in [0.05, 0.1) is 12.0 Å². The van der Waals surface area contributed by atoms with Gasteiger partial charge in [-0.1, -0.05) is 13.3 Å². The van der Waals surface area contributed by atoms with E-state index in [0.717, 1.165) is 12.8 Å². The molecule has 2 N–H and O–H groups in total. The molecule has 0 aromatic rings. The number of unbranched alkanes of at least 4 members (excludes halogenated alkanes) is 1. The quantitative estimate of drug-likeness (QED) is 0.332. The van der Waals surface area contributed by atoms with Gasteiger partial charge in [-0.15, -0.1) is 0 Å². The zero-order valence-electron chi connectivity index (χ0n) is 11.6. The van der Waals surface area contributed by atoms with Crippen LogP contribution in [0.5, 0.6) is 0 Å². The van der Waals surface area contributed by atoms with E-state index in [2.05, 4.69) is 0 Å². The van der Waals surface area contributed by atoms with Gasteiger partial charge in [0.1, 0.15) is 12.2 Å². The van der Waals surface area contributed by atoms with Crippen molar-refractivity contribution in [2.75, 3.05) is 6.61 Å². The molecule has 0 aromatic carbocycles. The molecule has 3 saturated carbocycles. The van der Waals surface area contributed by atoms with Gasteiger partial charge >= 0.3 is 5.97 Å². The molecule has 0 aliphatic heterocycles. The molecule has 0 spiro atoms. The van der Waals surface area contributed by atoms with Crippen molar-refractivity contribution in [2.24, 2.45) is 5.41 Å². The number of hydrogen-bond acceptors (Lipinski definition) is 6. The molecular formula is C13H21NO6. The fourth-order valence-electron chi connectivity index (χ4n) is 3.44. The molecule has 7 heteroatoms. The van der Waals surface area contributed by atoms with Crippen LogP contribution in [-0.4, -0.2) is 45.5 Å². The van der Waals surface area contributed by atoms with Gasteiger partial charge in [0.2, 0.25) is 0 Å². The summed E-state index contributed by atoms with van der Waals surface area (Å²) in [6.45, 7) is 2.29. The Bertz CT molecular complexity index is 398. The molecule has 0 aromatic heterocycles. The molecule has 7 nitrogen and oxygen atoms in total. The largest absolute Gasteiger partial charge is 0.465 e. The minimum Gasteiger partial charge on any atom is -0.465 e. The minimum absolute atomic E-state index is 0.00397. The lowest BCUT2D eigenvalue weighted by atomic mass is 9.54. The Morgan fingerprint density at radius 3 is 2.40 bits per heavy atom. The summed E-state index contributed by atoms with van der Waals surface area (Å²) in [6.07, 6.45) is -0.686. The van der Waals surface area contributed by atoms with Crippen LogP contribution in [0.15, 0.2) is 0 Å². The molecule has 20 heavy (non-hydrogen) atoms. The lowest BCUT2D eigenvalue weighted by molar-refractivity contribution is -0.609. The fourth-order valence-corrected chi connectivity index (χ4v) is 3.44. The van der Waals surface area contributed by atoms with E-state index in [1.54, 1.807) is 0 Å². The first-order valence-corrected chi connectivity index (χ1v) is 7.07. The summed E-state index contributed by atoms with van der Waals surface area (Å²) in [5.74, 6) is -0.444. The maximum absolute atomic E-state index is 12.2. The molecule has 0 amide bonds. The van der Waals surface area contributed by atoms with E-state index in [0.29, 0.717) is 6.61 Å². The van der Waals surface area contributed by atoms with Crippen molar-refractivity contribution in [1.82, 2.24) is 0 Å². The smallest absolute Gasteiger partial charge is 0.312 e. The molecular weight excluding hydrogens is 266 g/mol. The Hall–Kier alpha value is -1.21. The van der Waals surface area contributed by atoms with Gasteiger partial charge in [-0.2, -0.15) is 0 Å². The number of rotatable bonds is 5. The van der Waals surface area contributed by atoms with Gasteiger partial charge in [0.15, 0.2) is 0 Å². The number of carbonyl (C=O) groups excluding carboxylic acids is 1. The van der Waals surface area contributed by atoms with Crippen molar-refractivity contribution in [3.05, 3.63) is 10.1 Å². The monoisotopic (exact) mass is 287 g/mol. The number of aliphatic hydroxyl groups is 2. The zero-order chi connectivity index (χ0) is 15.0. The number of nitrogens with zero attached hydrogens (tertiary/aromatic N) is 1. The highest BCUT2D eigenvalue weighted by atomic mass is 16.6. The second-order valence-electron chi connectivity index (χ2n) is 5.96. The van der Waals surface area contributed by atoms with Crippen LogP contribution in [-0.2, 0) is 9.53 Å². The summed E-state index contributed by atoms with van der Waals surface area (Å²) in [5, 5.41) is 31.3. The van der Waals surface area contributed by atoms with Gasteiger partial charge in [0.25, 0.3) is 5.54 Å². The summed E-state index contributed by atoms with van der Waals surface area (Å²) in [7, 11) is 0. The number of hydrogen-bond donors (Lipinski definition) is 2. The molecule has 0 radical (unpaired) electrons. The van der Waals surface area contributed by atoms with Crippen molar-refractivity contribution in [1.29, 1.82) is 0 Å². The third-order valence-electron chi connectivity index (χ3n) is 4.83. The summed E-state index contributed by atoms with van der Waals surface area (Å²) in [6, 6.07) is 0. The van der Waals surface area contributed by atoms with Crippen molar-refractivity contribution in [2.45, 2.75) is 63.2 Å². The van der Waals surface area contributed by atoms with E-state index in [9.17, 15) is 25.1 Å². The Morgan fingerprint density at radius 2 is 1.95 bits per heavy atom. The highest BCUT2D eigenvalue weighted by Crippen LogP contribution is 2.54. The van der Waals surface area contributed by atoms with E-state index in [1.807, 2.05) is 6.92 Å². The lowest BCUT2D eigenvalue weighted by Gasteiger charge is -2.51. The van der Waals surface area contributed by atoms with Crippen LogP contribution in [0.25, 0.3) is 0 Å². The van der Waals surface area contributed by atoms with Crippen molar-refractivity contribution >= 4 is 5.97 Å². The number of esters is 1. The van der Waals surface area contributed by atoms with E-state index >= 15 is 0 Å². The molecule has 3 aliphatic rings. The Kier molecular flexibility index (Phi) is 4.02. The van der Waals surface area contributed by atoms with E-state index in [4.69, 9.17) is 4.74 Å². The maximum atomic E-state index is 12.2. The molecule has 3 rings (SSSR count). The summed E-state index contributed by atoms with van der Waals surface area (Å²) < 4.78 is 5.20. The third-order valence-corrected chi connectivity index (χ3v) is 4.83. The molecule has 2 bridgehead atoms. The number of ether oxygens (including phenoxy) is 1. The van der Waals surface area contributed by atoms with E-state index in [1.165, 1.54) is 0 Å². The first-order valence-electron chi connectivity index (χ1n) is 7.07. The highest BCUT2D eigenvalue weighted by Gasteiger charge is 2.69. The first-order chi connectivity index (χ1) is 9.39. The number of carbonyl (C=O) groups is 1. The Balaban J connectivity index is 2.14. The third kappa shape index (κ3) is 2.09. The molecule has 3 fully saturated rings. The normalized spacial score (nSPS) is 39.5. The van der Waals surface area contributed by atoms with Gasteiger partial charge in [-0.3, -0.25) is 14.9 Å². The van der Waals surface area contributed by atoms with E-state index in [-0.39, 0.29) is 25.7 Å². The van der Waals surface area contributed by atoms with Crippen LogP contribution < -0.4 is 0 Å². The maximum Gasteiger partial charge on any atom is 0.312 e. The van der Waals surface area contributed by atoms with Crippen molar-refractivity contribution in [3.63, 3.8) is 0 Å². The van der Waals surface area contributed by atoms with Gasteiger partial charge < -0.3 is 14.9 Å². The van der Waals surface area contributed by atoms with Crippen molar-refractivity contribution < 1.29 is 24.7 Å². The van der Waals surface area contributed by atoms with Gasteiger partial charge in [-0.25, -0.2) is 0 Å². The zero-order valence-corrected chi connectivity index (χ0v) is 11.6. The average molecular weight is 287 g/mol. The molecule has 0 heterocycles. The molecule has 114 valence electrons. The van der Waals surface area contributed by atoms with Crippen LogP contribution >= 0.6 is 0 Å². The fraction of sp³-hybridized carbons (Fsp3) is 0.923. The second kappa shape index (κ2) is 5.29. The summed E-state index contributed by atoms with van der Waals surface area (Å²) in [5.41, 5.74) is -2.68. The minimum atomic E-state index is -1.72. The van der Waals surface area contributed by atoms with E-state index < -0.39 is 34.1 Å². The predicted molar refractivity (Wildman–Crippen MR) is 68.5 cm³/mol. The average Bonchev–Trinajstić information content (AvgIpc) is 2.38. The van der Waals surface area contributed by atoms with Crippen molar-refractivity contribution in [3.8, 4) is 0 Å². The molecule has 2 atom stereocenters. The topological polar surface area (TPSA) is 110 Å². The number of fused-ring (bicyclic) bond motifs is 3.